The molecule has 1 aromatic rings. The molecule has 15 heavy (non-hydrogen) atoms. The highest BCUT2D eigenvalue weighted by molar-refractivity contribution is 5.92. The van der Waals surface area contributed by atoms with Crippen molar-refractivity contribution in [2.24, 2.45) is 12.8 Å². The normalized spacial score (nSPS) is 10.3. The van der Waals surface area contributed by atoms with Crippen molar-refractivity contribution in [2.75, 3.05) is 26.3 Å². The summed E-state index contributed by atoms with van der Waals surface area (Å²) in [6, 6.07) is 1.66. The summed E-state index contributed by atoms with van der Waals surface area (Å²) in [5.41, 5.74) is 5.78. The molecule has 0 saturated carbocycles. The van der Waals surface area contributed by atoms with E-state index in [1.54, 1.807) is 19.3 Å². The van der Waals surface area contributed by atoms with Crippen LogP contribution in [0.3, 0.4) is 0 Å². The first-order valence-corrected chi connectivity index (χ1v) is 4.79. The van der Waals surface area contributed by atoms with E-state index in [0.717, 1.165) is 0 Å². The number of nitrogens with one attached hydrogen (secondary N) is 1. The van der Waals surface area contributed by atoms with Gasteiger partial charge in [0.25, 0.3) is 5.91 Å². The molecule has 1 heterocycles. The number of hydrogen-bond donors (Lipinski definition) is 2. The molecular weight excluding hydrogens is 196 g/mol. The van der Waals surface area contributed by atoms with E-state index in [-0.39, 0.29) is 5.91 Å². The van der Waals surface area contributed by atoms with E-state index in [0.29, 0.717) is 32.0 Å². The first-order chi connectivity index (χ1) is 7.25. The molecular formula is C9H16N4O2. The maximum Gasteiger partial charge on any atom is 0.269 e. The van der Waals surface area contributed by atoms with Gasteiger partial charge in [-0.05, 0) is 6.07 Å². The van der Waals surface area contributed by atoms with Gasteiger partial charge < -0.3 is 15.8 Å². The van der Waals surface area contributed by atoms with Gasteiger partial charge >= 0.3 is 0 Å². The Morgan fingerprint density at radius 3 is 3.07 bits per heavy atom. The first kappa shape index (κ1) is 11.7. The number of rotatable bonds is 6. The summed E-state index contributed by atoms with van der Waals surface area (Å²) in [5, 5.41) is 6.62. The lowest BCUT2D eigenvalue weighted by molar-refractivity contribution is 0.0911. The van der Waals surface area contributed by atoms with Crippen molar-refractivity contribution < 1.29 is 9.53 Å². The molecule has 0 spiro atoms. The van der Waals surface area contributed by atoms with Crippen LogP contribution in [-0.4, -0.2) is 42.0 Å². The highest BCUT2D eigenvalue weighted by Crippen LogP contribution is 1.94. The zero-order valence-electron chi connectivity index (χ0n) is 8.77. The van der Waals surface area contributed by atoms with Crippen LogP contribution in [0.1, 0.15) is 10.5 Å². The van der Waals surface area contributed by atoms with Gasteiger partial charge in [-0.15, -0.1) is 0 Å². The van der Waals surface area contributed by atoms with Gasteiger partial charge in [-0.3, -0.25) is 9.48 Å². The van der Waals surface area contributed by atoms with Crippen LogP contribution in [0.25, 0.3) is 0 Å². The lowest BCUT2D eigenvalue weighted by Gasteiger charge is -2.05. The standard InChI is InChI=1S/C9H16N4O2/c1-13-8(2-4-12-13)9(14)11-5-7-15-6-3-10/h2,4H,3,5-7,10H2,1H3,(H,11,14). The Balaban J connectivity index is 2.22. The third kappa shape index (κ3) is 3.69. The Morgan fingerprint density at radius 1 is 1.67 bits per heavy atom. The number of aromatic nitrogens is 2. The van der Waals surface area contributed by atoms with Crippen LogP contribution in [0.5, 0.6) is 0 Å². The molecule has 6 heteroatoms. The quantitative estimate of drug-likeness (QED) is 0.600. The number of nitrogens with zero attached hydrogens (tertiary/aromatic N) is 2. The topological polar surface area (TPSA) is 82.2 Å². The summed E-state index contributed by atoms with van der Waals surface area (Å²) in [4.78, 5) is 11.5. The van der Waals surface area contributed by atoms with Crippen LogP contribution >= 0.6 is 0 Å². The van der Waals surface area contributed by atoms with Crippen LogP contribution in [-0.2, 0) is 11.8 Å². The average Bonchev–Trinajstić information content (AvgIpc) is 2.64. The minimum absolute atomic E-state index is 0.147. The van der Waals surface area contributed by atoms with Crippen LogP contribution in [0.15, 0.2) is 12.3 Å². The second-order valence-electron chi connectivity index (χ2n) is 3.00. The third-order valence-corrected chi connectivity index (χ3v) is 1.85. The Hall–Kier alpha value is -1.40. The maximum absolute atomic E-state index is 11.5. The lowest BCUT2D eigenvalue weighted by atomic mass is 10.4. The van der Waals surface area contributed by atoms with E-state index >= 15 is 0 Å². The molecule has 3 N–H and O–H groups in total. The van der Waals surface area contributed by atoms with Crippen molar-refractivity contribution in [1.82, 2.24) is 15.1 Å². The fourth-order valence-corrected chi connectivity index (χ4v) is 1.11. The van der Waals surface area contributed by atoms with Crippen molar-refractivity contribution in [3.05, 3.63) is 18.0 Å². The summed E-state index contributed by atoms with van der Waals surface area (Å²) in [6.07, 6.45) is 1.58. The third-order valence-electron chi connectivity index (χ3n) is 1.85. The Labute approximate surface area is 88.4 Å². The summed E-state index contributed by atoms with van der Waals surface area (Å²) < 4.78 is 6.64. The van der Waals surface area contributed by atoms with Crippen LogP contribution < -0.4 is 11.1 Å². The van der Waals surface area contributed by atoms with Crippen LogP contribution in [0, 0.1) is 0 Å². The molecule has 0 radical (unpaired) electrons. The first-order valence-electron chi connectivity index (χ1n) is 4.79. The van der Waals surface area contributed by atoms with E-state index < -0.39 is 0 Å². The molecule has 1 amide bonds. The number of ether oxygens (including phenoxy) is 1. The predicted molar refractivity (Wildman–Crippen MR) is 55.4 cm³/mol. The monoisotopic (exact) mass is 212 g/mol. The molecule has 1 aromatic heterocycles. The smallest absolute Gasteiger partial charge is 0.269 e. The number of aryl methyl sites for hydroxylation is 1. The zero-order chi connectivity index (χ0) is 11.1. The van der Waals surface area contributed by atoms with Crippen molar-refractivity contribution >= 4 is 5.91 Å². The molecule has 0 bridgehead atoms. The van der Waals surface area contributed by atoms with E-state index in [4.69, 9.17) is 10.5 Å². The number of carbonyl (C=O) groups is 1. The van der Waals surface area contributed by atoms with Gasteiger partial charge in [0, 0.05) is 26.3 Å². The van der Waals surface area contributed by atoms with E-state index in [2.05, 4.69) is 10.4 Å². The van der Waals surface area contributed by atoms with Gasteiger partial charge in [0.15, 0.2) is 0 Å². The van der Waals surface area contributed by atoms with Gasteiger partial charge in [0.2, 0.25) is 0 Å². The summed E-state index contributed by atoms with van der Waals surface area (Å²) >= 11 is 0. The fraction of sp³-hybridized carbons (Fsp3) is 0.556. The van der Waals surface area contributed by atoms with Gasteiger partial charge in [0.1, 0.15) is 5.69 Å². The fourth-order valence-electron chi connectivity index (χ4n) is 1.11. The van der Waals surface area contributed by atoms with Crippen molar-refractivity contribution in [3.8, 4) is 0 Å². The maximum atomic E-state index is 11.5. The average molecular weight is 212 g/mol. The lowest BCUT2D eigenvalue weighted by Crippen LogP contribution is -2.29. The second kappa shape index (κ2) is 6.15. The molecule has 0 fully saturated rings. The summed E-state index contributed by atoms with van der Waals surface area (Å²) in [5.74, 6) is -0.147. The van der Waals surface area contributed by atoms with Crippen molar-refractivity contribution in [3.63, 3.8) is 0 Å². The summed E-state index contributed by atoms with van der Waals surface area (Å²) in [7, 11) is 1.72. The predicted octanol–water partition coefficient (Wildman–Crippen LogP) is -0.875. The number of amides is 1. The molecule has 0 unspecified atom stereocenters. The molecule has 0 atom stereocenters. The summed E-state index contributed by atoms with van der Waals surface area (Å²) in [6.45, 7) is 1.96. The highest BCUT2D eigenvalue weighted by atomic mass is 16.5. The minimum Gasteiger partial charge on any atom is -0.378 e. The SMILES string of the molecule is Cn1nccc1C(=O)NCCOCCN. The Morgan fingerprint density at radius 2 is 2.47 bits per heavy atom. The van der Waals surface area contributed by atoms with E-state index in [1.807, 2.05) is 0 Å². The molecule has 0 aliphatic rings. The Bertz CT molecular complexity index is 311. The zero-order valence-corrected chi connectivity index (χ0v) is 8.77. The van der Waals surface area contributed by atoms with Crippen LogP contribution in [0.2, 0.25) is 0 Å². The number of nitrogens with two attached hydrogens (primary N) is 1. The highest BCUT2D eigenvalue weighted by Gasteiger charge is 2.07. The number of carbonyl (C=O) groups excluding carboxylic acids is 1. The van der Waals surface area contributed by atoms with Gasteiger partial charge in [-0.2, -0.15) is 5.10 Å². The molecule has 84 valence electrons. The largest absolute Gasteiger partial charge is 0.378 e. The second-order valence-corrected chi connectivity index (χ2v) is 3.00. The van der Waals surface area contributed by atoms with Gasteiger partial charge in [-0.1, -0.05) is 0 Å². The van der Waals surface area contributed by atoms with Crippen LogP contribution in [0.4, 0.5) is 0 Å². The molecule has 0 aliphatic heterocycles. The molecule has 0 aromatic carbocycles. The van der Waals surface area contributed by atoms with E-state index in [1.165, 1.54) is 4.68 Å². The minimum atomic E-state index is -0.147. The van der Waals surface area contributed by atoms with Gasteiger partial charge in [0.05, 0.1) is 13.2 Å². The number of hydrogen-bond acceptors (Lipinski definition) is 4. The van der Waals surface area contributed by atoms with Crippen molar-refractivity contribution in [2.45, 2.75) is 0 Å². The molecule has 6 nitrogen and oxygen atoms in total. The molecule has 0 aliphatic carbocycles. The van der Waals surface area contributed by atoms with Gasteiger partial charge in [-0.25, -0.2) is 0 Å². The van der Waals surface area contributed by atoms with E-state index in [9.17, 15) is 4.79 Å². The molecule has 0 saturated heterocycles. The molecule has 1 rings (SSSR count). The van der Waals surface area contributed by atoms with Crippen molar-refractivity contribution in [1.29, 1.82) is 0 Å². The Kier molecular flexibility index (Phi) is 4.79.